The van der Waals surface area contributed by atoms with E-state index in [1.807, 2.05) is 52.8 Å². The molecule has 2 aromatic rings. The molecule has 6 nitrogen and oxygen atoms in total. The fourth-order valence-electron chi connectivity index (χ4n) is 3.70. The van der Waals surface area contributed by atoms with Crippen molar-refractivity contribution in [1.82, 2.24) is 14.9 Å². The molecule has 202 valence electrons. The minimum absolute atomic E-state index is 0.0895. The topological polar surface area (TPSA) is 70.2 Å². The van der Waals surface area contributed by atoms with Crippen molar-refractivity contribution in [2.45, 2.75) is 86.2 Å². The van der Waals surface area contributed by atoms with Crippen LogP contribution in [-0.2, 0) is 11.0 Å². The van der Waals surface area contributed by atoms with E-state index in [2.05, 4.69) is 27.5 Å². The summed E-state index contributed by atoms with van der Waals surface area (Å²) in [6.45, 7) is 13.3. The van der Waals surface area contributed by atoms with Crippen molar-refractivity contribution < 1.29 is 18.0 Å². The van der Waals surface area contributed by atoms with Gasteiger partial charge in [0.2, 0.25) is 11.9 Å². The second-order valence-corrected chi connectivity index (χ2v) is 8.46. The number of halogens is 3. The summed E-state index contributed by atoms with van der Waals surface area (Å²) < 4.78 is 40.6. The minimum atomic E-state index is -4.58. The number of amides is 1. The Morgan fingerprint density at radius 2 is 1.67 bits per heavy atom. The van der Waals surface area contributed by atoms with Gasteiger partial charge in [-0.05, 0) is 44.2 Å². The van der Waals surface area contributed by atoms with Crippen molar-refractivity contribution in [3.8, 4) is 0 Å². The zero-order valence-corrected chi connectivity index (χ0v) is 22.6. The van der Waals surface area contributed by atoms with E-state index in [1.54, 1.807) is 4.90 Å². The second-order valence-electron chi connectivity index (χ2n) is 8.46. The average Bonchev–Trinajstić information content (AvgIpc) is 2.84. The van der Waals surface area contributed by atoms with Gasteiger partial charge in [-0.2, -0.15) is 18.2 Å². The van der Waals surface area contributed by atoms with Crippen molar-refractivity contribution in [3.63, 3.8) is 0 Å². The maximum absolute atomic E-state index is 13.5. The molecule has 1 aromatic carbocycles. The standard InChI is InChI=1S/C25H36F3N5O.C2H6/c1-5-7-8-13-21(34)33(15-6-2)16-10-14-29-23-20(25(26,27)28)17-30-24(32-23)31-22-18(3)11-9-12-19(22)4;1-2/h9,11-12,17H,5-8,10,13-16H2,1-4H3,(H2,29,30,31,32);1-2H3. The van der Waals surface area contributed by atoms with Gasteiger partial charge in [0.05, 0.1) is 0 Å². The summed E-state index contributed by atoms with van der Waals surface area (Å²) >= 11 is 0. The van der Waals surface area contributed by atoms with Crippen LogP contribution >= 0.6 is 0 Å². The lowest BCUT2D eigenvalue weighted by Gasteiger charge is -2.22. The number of anilines is 3. The van der Waals surface area contributed by atoms with E-state index >= 15 is 0 Å². The summed E-state index contributed by atoms with van der Waals surface area (Å²) in [5, 5.41) is 5.86. The zero-order valence-electron chi connectivity index (χ0n) is 22.6. The number of alkyl halides is 3. The van der Waals surface area contributed by atoms with Crippen LogP contribution in [0.25, 0.3) is 0 Å². The Bertz CT molecular complexity index is 914. The van der Waals surface area contributed by atoms with Gasteiger partial charge in [-0.15, -0.1) is 0 Å². The molecule has 0 atom stereocenters. The molecule has 1 aromatic heterocycles. The Balaban J connectivity index is 0.00000316. The van der Waals surface area contributed by atoms with Gasteiger partial charge >= 0.3 is 6.18 Å². The predicted molar refractivity (Wildman–Crippen MR) is 142 cm³/mol. The smallest absolute Gasteiger partial charge is 0.369 e. The molecule has 0 fully saturated rings. The first-order valence-electron chi connectivity index (χ1n) is 13.0. The van der Waals surface area contributed by atoms with E-state index in [9.17, 15) is 18.0 Å². The number of carbonyl (C=O) groups is 1. The Labute approximate surface area is 214 Å². The lowest BCUT2D eigenvalue weighted by atomic mass is 10.1. The number of hydrogen-bond donors (Lipinski definition) is 2. The van der Waals surface area contributed by atoms with Gasteiger partial charge in [-0.1, -0.05) is 58.7 Å². The van der Waals surface area contributed by atoms with Crippen LogP contribution in [0.3, 0.4) is 0 Å². The fraction of sp³-hybridized carbons (Fsp3) is 0.593. The van der Waals surface area contributed by atoms with Crippen molar-refractivity contribution in [1.29, 1.82) is 0 Å². The number of benzene rings is 1. The molecule has 0 saturated carbocycles. The molecule has 0 aliphatic heterocycles. The third-order valence-electron chi connectivity index (χ3n) is 5.55. The van der Waals surface area contributed by atoms with E-state index in [4.69, 9.17) is 0 Å². The van der Waals surface area contributed by atoms with E-state index in [1.165, 1.54) is 0 Å². The number of aromatic nitrogens is 2. The molecule has 2 N–H and O–H groups in total. The summed E-state index contributed by atoms with van der Waals surface area (Å²) in [4.78, 5) is 22.3. The van der Waals surface area contributed by atoms with E-state index < -0.39 is 11.7 Å². The number of unbranched alkanes of at least 4 members (excludes halogenated alkanes) is 2. The summed E-state index contributed by atoms with van der Waals surface area (Å²) in [6, 6.07) is 5.72. The van der Waals surface area contributed by atoms with Crippen LogP contribution in [0.15, 0.2) is 24.4 Å². The number of hydrogen-bond acceptors (Lipinski definition) is 5. The molecular formula is C27H42F3N5O. The second kappa shape index (κ2) is 16.0. The molecule has 0 radical (unpaired) electrons. The summed E-state index contributed by atoms with van der Waals surface area (Å²) in [5.41, 5.74) is 1.74. The van der Waals surface area contributed by atoms with Gasteiger partial charge < -0.3 is 15.5 Å². The summed E-state index contributed by atoms with van der Waals surface area (Å²) in [5.74, 6) is -0.0763. The highest BCUT2D eigenvalue weighted by Gasteiger charge is 2.35. The number of aryl methyl sites for hydroxylation is 2. The molecule has 9 heteroatoms. The molecule has 1 heterocycles. The zero-order chi connectivity index (χ0) is 27.1. The number of rotatable bonds is 13. The van der Waals surface area contributed by atoms with Gasteiger partial charge in [-0.3, -0.25) is 4.79 Å². The summed E-state index contributed by atoms with van der Waals surface area (Å²) in [7, 11) is 0. The Hall–Kier alpha value is -2.84. The van der Waals surface area contributed by atoms with Crippen molar-refractivity contribution in [3.05, 3.63) is 41.1 Å². The lowest BCUT2D eigenvalue weighted by Crippen LogP contribution is -2.33. The highest BCUT2D eigenvalue weighted by molar-refractivity contribution is 5.76. The maximum Gasteiger partial charge on any atom is 0.421 e. The molecule has 0 bridgehead atoms. The number of para-hydroxylation sites is 1. The Morgan fingerprint density at radius 3 is 2.25 bits per heavy atom. The highest BCUT2D eigenvalue weighted by atomic mass is 19.4. The predicted octanol–water partition coefficient (Wildman–Crippen LogP) is 7.50. The van der Waals surface area contributed by atoms with Crippen LogP contribution in [0, 0.1) is 13.8 Å². The fourth-order valence-corrected chi connectivity index (χ4v) is 3.70. The molecule has 0 aliphatic carbocycles. The highest BCUT2D eigenvalue weighted by Crippen LogP contribution is 2.34. The normalized spacial score (nSPS) is 10.9. The largest absolute Gasteiger partial charge is 0.421 e. The first-order chi connectivity index (χ1) is 17.2. The maximum atomic E-state index is 13.5. The molecule has 36 heavy (non-hydrogen) atoms. The Morgan fingerprint density at radius 1 is 1.00 bits per heavy atom. The third-order valence-corrected chi connectivity index (χ3v) is 5.55. The first-order valence-corrected chi connectivity index (χ1v) is 13.0. The van der Waals surface area contributed by atoms with Crippen LogP contribution in [-0.4, -0.2) is 40.4 Å². The molecule has 0 aliphatic rings. The number of nitrogens with one attached hydrogen (secondary N) is 2. The van der Waals surface area contributed by atoms with Crippen molar-refractivity contribution in [2.24, 2.45) is 0 Å². The molecule has 1 amide bonds. The number of nitrogens with zero attached hydrogens (tertiary/aromatic N) is 3. The van der Waals surface area contributed by atoms with Crippen molar-refractivity contribution in [2.75, 3.05) is 30.3 Å². The van der Waals surface area contributed by atoms with E-state index in [0.717, 1.165) is 48.7 Å². The Kier molecular flexibility index (Phi) is 13.9. The van der Waals surface area contributed by atoms with E-state index in [0.29, 0.717) is 25.9 Å². The lowest BCUT2D eigenvalue weighted by molar-refractivity contribution is -0.137. The quantitative estimate of drug-likeness (QED) is 0.274. The van der Waals surface area contributed by atoms with Crippen LogP contribution in [0.5, 0.6) is 0 Å². The van der Waals surface area contributed by atoms with Gasteiger partial charge in [0.15, 0.2) is 0 Å². The first kappa shape index (κ1) is 31.2. The van der Waals surface area contributed by atoms with Gasteiger partial charge in [-0.25, -0.2) is 4.98 Å². The van der Waals surface area contributed by atoms with Crippen LogP contribution < -0.4 is 10.6 Å². The molecule has 0 unspecified atom stereocenters. The molecular weight excluding hydrogens is 467 g/mol. The van der Waals surface area contributed by atoms with Gasteiger partial charge in [0.1, 0.15) is 11.4 Å². The van der Waals surface area contributed by atoms with Crippen LogP contribution in [0.4, 0.5) is 30.6 Å². The van der Waals surface area contributed by atoms with Gasteiger partial charge in [0.25, 0.3) is 0 Å². The molecule has 0 saturated heterocycles. The van der Waals surface area contributed by atoms with E-state index in [-0.39, 0.29) is 24.2 Å². The van der Waals surface area contributed by atoms with Gasteiger partial charge in [0, 0.05) is 37.9 Å². The molecule has 2 rings (SSSR count). The van der Waals surface area contributed by atoms with Crippen LogP contribution in [0.1, 0.15) is 82.9 Å². The monoisotopic (exact) mass is 509 g/mol. The minimum Gasteiger partial charge on any atom is -0.369 e. The third kappa shape index (κ3) is 10.0. The van der Waals surface area contributed by atoms with Crippen LogP contribution in [0.2, 0.25) is 0 Å². The van der Waals surface area contributed by atoms with Crippen molar-refractivity contribution >= 4 is 23.4 Å². The average molecular weight is 510 g/mol. The summed E-state index contributed by atoms with van der Waals surface area (Å²) in [6.07, 6.45) is 1.00. The number of carbonyl (C=O) groups excluding carboxylic acids is 1. The molecule has 0 spiro atoms. The SMILES string of the molecule is CC.CCCCCC(=O)N(CCC)CCCNc1nc(Nc2c(C)cccc2C)ncc1C(F)(F)F.